The number of amides is 2. The predicted molar refractivity (Wildman–Crippen MR) is 125 cm³/mol. The molecule has 0 saturated heterocycles. The first kappa shape index (κ1) is 22.3. The van der Waals surface area contributed by atoms with Crippen LogP contribution in [0.4, 0.5) is 26.4 Å². The zero-order chi connectivity index (χ0) is 23.4. The van der Waals surface area contributed by atoms with Gasteiger partial charge in [-0.3, -0.25) is 0 Å². The number of hydrogen-bond donors (Lipinski definition) is 3. The number of ether oxygens (including phenoxy) is 1. The number of anilines is 3. The minimum Gasteiger partial charge on any atom is -0.424 e. The molecule has 8 nitrogen and oxygen atoms in total. The molecule has 0 bridgehead atoms. The average Bonchev–Trinajstić information content (AvgIpc) is 2.76. The second-order valence-electron chi connectivity index (χ2n) is 6.70. The van der Waals surface area contributed by atoms with Crippen LogP contribution in [-0.4, -0.2) is 21.0 Å². The first-order valence-electron chi connectivity index (χ1n) is 9.41. The van der Waals surface area contributed by atoms with Crippen molar-refractivity contribution in [3.63, 3.8) is 0 Å². The van der Waals surface area contributed by atoms with E-state index in [0.29, 0.717) is 27.8 Å². The third kappa shape index (κ3) is 5.85. The van der Waals surface area contributed by atoms with Crippen molar-refractivity contribution in [3.05, 3.63) is 83.0 Å². The van der Waals surface area contributed by atoms with Crippen molar-refractivity contribution < 1.29 is 13.9 Å². The number of carbonyl (C=O) groups is 1. The summed E-state index contributed by atoms with van der Waals surface area (Å²) in [5.41, 5.74) is 7.95. The second kappa shape index (κ2) is 9.68. The van der Waals surface area contributed by atoms with E-state index >= 15 is 0 Å². The molecule has 166 valence electrons. The van der Waals surface area contributed by atoms with Crippen LogP contribution in [-0.2, 0) is 0 Å². The highest BCUT2D eigenvalue weighted by atomic mass is 35.5. The molecule has 11 heteroatoms. The Balaban J connectivity index is 1.37. The Kier molecular flexibility index (Phi) is 6.53. The summed E-state index contributed by atoms with van der Waals surface area (Å²) in [6.07, 6.45) is 4.22. The Morgan fingerprint density at radius 3 is 2.27 bits per heavy atom. The van der Waals surface area contributed by atoms with Gasteiger partial charge < -0.3 is 21.1 Å². The molecule has 2 heterocycles. The van der Waals surface area contributed by atoms with Gasteiger partial charge in [-0.25, -0.2) is 24.1 Å². The van der Waals surface area contributed by atoms with Gasteiger partial charge in [0.1, 0.15) is 17.4 Å². The number of aromatic nitrogens is 3. The molecule has 0 spiro atoms. The Morgan fingerprint density at radius 1 is 0.879 bits per heavy atom. The minimum absolute atomic E-state index is 0.0783. The summed E-state index contributed by atoms with van der Waals surface area (Å²) in [4.78, 5) is 24.2. The Hall–Kier alpha value is -3.95. The van der Waals surface area contributed by atoms with Crippen molar-refractivity contribution in [2.45, 2.75) is 0 Å². The normalized spacial score (nSPS) is 10.5. The van der Waals surface area contributed by atoms with E-state index in [2.05, 4.69) is 25.6 Å². The van der Waals surface area contributed by atoms with Crippen LogP contribution in [0.25, 0.3) is 11.1 Å². The molecule has 0 atom stereocenters. The quantitative estimate of drug-likeness (QED) is 0.319. The molecule has 4 rings (SSSR count). The molecule has 33 heavy (non-hydrogen) atoms. The molecule has 0 radical (unpaired) electrons. The summed E-state index contributed by atoms with van der Waals surface area (Å²) in [5, 5.41) is 5.65. The molecular weight excluding hydrogens is 470 g/mol. The molecule has 0 saturated carbocycles. The summed E-state index contributed by atoms with van der Waals surface area (Å²) in [6, 6.07) is 11.9. The monoisotopic (exact) mass is 484 g/mol. The third-order valence-corrected chi connectivity index (χ3v) is 4.69. The number of rotatable bonds is 5. The number of hydrogen-bond acceptors (Lipinski definition) is 6. The fourth-order valence-electron chi connectivity index (χ4n) is 2.84. The number of halogens is 3. The lowest BCUT2D eigenvalue weighted by atomic mass is 10.1. The fraction of sp³-hybridized carbons (Fsp3) is 0. The van der Waals surface area contributed by atoms with Crippen LogP contribution in [0.5, 0.6) is 11.8 Å². The molecule has 2 amide bonds. The number of carbonyl (C=O) groups excluding carboxylic acids is 1. The Morgan fingerprint density at radius 2 is 1.58 bits per heavy atom. The topological polar surface area (TPSA) is 115 Å². The maximum Gasteiger partial charge on any atom is 0.323 e. The minimum atomic E-state index is -0.612. The number of pyridine rings is 1. The van der Waals surface area contributed by atoms with Gasteiger partial charge in [-0.15, -0.1) is 0 Å². The Labute approximate surface area is 197 Å². The highest BCUT2D eigenvalue weighted by Gasteiger charge is 2.09. The van der Waals surface area contributed by atoms with Crippen molar-refractivity contribution in [1.29, 1.82) is 0 Å². The summed E-state index contributed by atoms with van der Waals surface area (Å²) in [7, 11) is 0. The lowest BCUT2D eigenvalue weighted by Crippen LogP contribution is -2.19. The predicted octanol–water partition coefficient (Wildman–Crippen LogP) is 6.00. The zero-order valence-corrected chi connectivity index (χ0v) is 18.2. The third-order valence-electron chi connectivity index (χ3n) is 4.27. The van der Waals surface area contributed by atoms with E-state index in [4.69, 9.17) is 33.7 Å². The maximum atomic E-state index is 13.4. The summed E-state index contributed by atoms with van der Waals surface area (Å²) in [5.74, 6) is 0.293. The molecule has 2 aromatic carbocycles. The van der Waals surface area contributed by atoms with E-state index in [9.17, 15) is 9.18 Å². The lowest BCUT2D eigenvalue weighted by molar-refractivity contribution is 0.262. The maximum absolute atomic E-state index is 13.4. The van der Waals surface area contributed by atoms with E-state index < -0.39 is 11.8 Å². The number of nitrogen functional groups attached to an aromatic ring is 1. The van der Waals surface area contributed by atoms with E-state index in [1.165, 1.54) is 24.7 Å². The summed E-state index contributed by atoms with van der Waals surface area (Å²) < 4.78 is 19.0. The molecule has 2 aromatic heterocycles. The molecular formula is C22H15Cl2FN6O2. The van der Waals surface area contributed by atoms with Crippen LogP contribution in [0.15, 0.2) is 67.1 Å². The summed E-state index contributed by atoms with van der Waals surface area (Å²) in [6.45, 7) is 0. The highest BCUT2D eigenvalue weighted by molar-refractivity contribution is 6.31. The van der Waals surface area contributed by atoms with Crippen molar-refractivity contribution in [3.8, 4) is 22.9 Å². The van der Waals surface area contributed by atoms with E-state index in [0.717, 1.165) is 17.7 Å². The molecule has 4 N–H and O–H groups in total. The molecule has 0 aliphatic heterocycles. The van der Waals surface area contributed by atoms with Crippen LogP contribution in [0.3, 0.4) is 0 Å². The molecule has 0 unspecified atom stereocenters. The van der Waals surface area contributed by atoms with Gasteiger partial charge >= 0.3 is 12.0 Å². The van der Waals surface area contributed by atoms with Crippen LogP contribution in [0.2, 0.25) is 10.0 Å². The van der Waals surface area contributed by atoms with Gasteiger partial charge in [-0.05, 0) is 42.0 Å². The molecule has 0 fully saturated rings. The number of nitrogens with one attached hydrogen (secondary N) is 2. The van der Waals surface area contributed by atoms with Crippen molar-refractivity contribution in [1.82, 2.24) is 15.0 Å². The number of nitrogens with two attached hydrogens (primary N) is 1. The van der Waals surface area contributed by atoms with Crippen molar-refractivity contribution >= 4 is 46.4 Å². The smallest absolute Gasteiger partial charge is 0.323 e. The Bertz CT molecular complexity index is 1280. The molecule has 4 aromatic rings. The molecule has 0 aliphatic carbocycles. The number of urea groups is 1. The van der Waals surface area contributed by atoms with Crippen molar-refractivity contribution in [2.24, 2.45) is 0 Å². The number of nitrogens with zero attached hydrogens (tertiary/aromatic N) is 3. The first-order chi connectivity index (χ1) is 15.9. The zero-order valence-electron chi connectivity index (χ0n) is 16.7. The van der Waals surface area contributed by atoms with Gasteiger partial charge in [0.2, 0.25) is 0 Å². The van der Waals surface area contributed by atoms with Crippen molar-refractivity contribution in [2.75, 3.05) is 16.4 Å². The molecule has 0 aliphatic rings. The van der Waals surface area contributed by atoms with Crippen LogP contribution < -0.4 is 21.1 Å². The average molecular weight is 485 g/mol. The SMILES string of the molecule is Nc1ncc(Cl)cc1-c1ccc(Oc2ncc(NC(=O)Nc3cc(F)cc(Cl)c3)cn2)cc1. The van der Waals surface area contributed by atoms with Gasteiger partial charge in [-0.2, -0.15) is 0 Å². The van der Waals surface area contributed by atoms with E-state index in [-0.39, 0.29) is 16.7 Å². The first-order valence-corrected chi connectivity index (χ1v) is 10.2. The summed E-state index contributed by atoms with van der Waals surface area (Å²) >= 11 is 11.8. The van der Waals surface area contributed by atoms with E-state index in [1.54, 1.807) is 30.3 Å². The van der Waals surface area contributed by atoms with Gasteiger partial charge in [0.05, 0.1) is 23.1 Å². The fourth-order valence-corrected chi connectivity index (χ4v) is 3.22. The lowest BCUT2D eigenvalue weighted by Gasteiger charge is -2.09. The van der Waals surface area contributed by atoms with Crippen LogP contribution in [0.1, 0.15) is 0 Å². The van der Waals surface area contributed by atoms with E-state index in [1.807, 2.05) is 0 Å². The van der Waals surface area contributed by atoms with Gasteiger partial charge in [-0.1, -0.05) is 35.3 Å². The van der Waals surface area contributed by atoms with Gasteiger partial charge in [0.25, 0.3) is 0 Å². The second-order valence-corrected chi connectivity index (χ2v) is 7.58. The largest absolute Gasteiger partial charge is 0.424 e. The van der Waals surface area contributed by atoms with Gasteiger partial charge in [0, 0.05) is 22.5 Å². The van der Waals surface area contributed by atoms with Crippen LogP contribution >= 0.6 is 23.2 Å². The standard InChI is InChI=1S/C22H15Cl2FN6O2/c23-13-5-15(25)8-16(6-13)30-21(32)31-17-10-28-22(29-11-17)33-18-3-1-12(2-4-18)19-7-14(24)9-27-20(19)26/h1-11H,(H2,26,27)(H2,30,31,32). The number of benzene rings is 2. The van der Waals surface area contributed by atoms with Gasteiger partial charge in [0.15, 0.2) is 0 Å². The highest BCUT2D eigenvalue weighted by Crippen LogP contribution is 2.29. The van der Waals surface area contributed by atoms with Crippen LogP contribution in [0, 0.1) is 5.82 Å².